The number of carbonyl (C=O) groups excluding carboxylic acids is 1. The minimum Gasteiger partial charge on any atom is -0.483 e. The van der Waals surface area contributed by atoms with Crippen LogP contribution in [0.2, 0.25) is 0 Å². The Morgan fingerprint density at radius 1 is 1.37 bits per heavy atom. The van der Waals surface area contributed by atoms with Crippen molar-refractivity contribution in [2.75, 3.05) is 13.2 Å². The summed E-state index contributed by atoms with van der Waals surface area (Å²) in [6.07, 6.45) is -0.617. The van der Waals surface area contributed by atoms with Gasteiger partial charge in [-0.2, -0.15) is 0 Å². The van der Waals surface area contributed by atoms with Crippen LogP contribution in [0.1, 0.15) is 38.0 Å². The average Bonchev–Trinajstić information content (AvgIpc) is 2.34. The molecule has 0 saturated carbocycles. The van der Waals surface area contributed by atoms with E-state index in [1.807, 2.05) is 32.9 Å². The fourth-order valence-electron chi connectivity index (χ4n) is 1.64. The maximum Gasteiger partial charge on any atom is 0.257 e. The van der Waals surface area contributed by atoms with E-state index in [-0.39, 0.29) is 12.5 Å². The van der Waals surface area contributed by atoms with Crippen LogP contribution in [0.3, 0.4) is 0 Å². The fourth-order valence-corrected chi connectivity index (χ4v) is 1.64. The van der Waals surface area contributed by atoms with E-state index < -0.39 is 6.10 Å². The van der Waals surface area contributed by atoms with Gasteiger partial charge in [0.25, 0.3) is 5.91 Å². The molecule has 0 saturated heterocycles. The van der Waals surface area contributed by atoms with Gasteiger partial charge in [0.1, 0.15) is 5.75 Å². The summed E-state index contributed by atoms with van der Waals surface area (Å²) in [5.74, 6) is 0.822. The molecule has 0 radical (unpaired) electrons. The lowest BCUT2D eigenvalue weighted by Crippen LogP contribution is -2.31. The largest absolute Gasteiger partial charge is 0.483 e. The molecule has 19 heavy (non-hydrogen) atoms. The molecule has 2 N–H and O–H groups in total. The number of ether oxygens (including phenoxy) is 1. The van der Waals surface area contributed by atoms with Crippen LogP contribution in [0.5, 0.6) is 5.75 Å². The molecule has 1 rings (SSSR count). The Hall–Kier alpha value is -1.55. The Morgan fingerprint density at radius 3 is 2.63 bits per heavy atom. The van der Waals surface area contributed by atoms with Crippen LogP contribution in [0.15, 0.2) is 18.2 Å². The molecular formula is C15H23NO3. The monoisotopic (exact) mass is 265 g/mol. The average molecular weight is 265 g/mol. The molecule has 0 aliphatic carbocycles. The number of aliphatic hydroxyl groups is 1. The lowest BCUT2D eigenvalue weighted by molar-refractivity contribution is -0.123. The number of amides is 1. The van der Waals surface area contributed by atoms with Crippen LogP contribution in [0.25, 0.3) is 0 Å². The number of carbonyl (C=O) groups is 1. The van der Waals surface area contributed by atoms with Crippen molar-refractivity contribution in [1.82, 2.24) is 5.32 Å². The molecule has 0 fully saturated rings. The predicted molar refractivity (Wildman–Crippen MR) is 75.2 cm³/mol. The third-order valence-electron chi connectivity index (χ3n) is 2.68. The molecule has 1 aromatic carbocycles. The second-order valence-corrected chi connectivity index (χ2v) is 5.20. The van der Waals surface area contributed by atoms with Gasteiger partial charge in [0, 0.05) is 12.1 Å². The van der Waals surface area contributed by atoms with Gasteiger partial charge in [-0.05, 0) is 31.9 Å². The maximum atomic E-state index is 11.6. The minimum absolute atomic E-state index is 0.0322. The molecule has 1 aromatic rings. The van der Waals surface area contributed by atoms with Crippen LogP contribution in [-0.4, -0.2) is 24.2 Å². The van der Waals surface area contributed by atoms with E-state index in [9.17, 15) is 9.90 Å². The number of nitrogens with one attached hydrogen (secondary N) is 1. The van der Waals surface area contributed by atoms with Crippen LogP contribution in [-0.2, 0) is 4.79 Å². The number of aryl methyl sites for hydroxylation is 1. The Labute approximate surface area is 114 Å². The summed E-state index contributed by atoms with van der Waals surface area (Å²) in [5.41, 5.74) is 1.75. The molecule has 0 aromatic heterocycles. The van der Waals surface area contributed by atoms with Crippen molar-refractivity contribution in [1.29, 1.82) is 0 Å². The van der Waals surface area contributed by atoms with Gasteiger partial charge in [0.15, 0.2) is 6.61 Å². The summed E-state index contributed by atoms with van der Waals surface area (Å²) >= 11 is 0. The standard InChI is InChI=1S/C15H23NO3/c1-10(2)8-16-15(18)9-19-14-6-5-11(3)7-13(14)12(4)17/h5-7,10,12,17H,8-9H2,1-4H3,(H,16,18). The number of hydrogen-bond acceptors (Lipinski definition) is 3. The molecule has 1 atom stereocenters. The summed E-state index contributed by atoms with van der Waals surface area (Å²) in [7, 11) is 0. The highest BCUT2D eigenvalue weighted by Crippen LogP contribution is 2.26. The number of aliphatic hydroxyl groups excluding tert-OH is 1. The third-order valence-corrected chi connectivity index (χ3v) is 2.68. The van der Waals surface area contributed by atoms with E-state index in [4.69, 9.17) is 4.74 Å². The van der Waals surface area contributed by atoms with Crippen LogP contribution >= 0.6 is 0 Å². The van der Waals surface area contributed by atoms with Gasteiger partial charge in [-0.15, -0.1) is 0 Å². The first-order valence-corrected chi connectivity index (χ1v) is 6.58. The Morgan fingerprint density at radius 2 is 2.05 bits per heavy atom. The highest BCUT2D eigenvalue weighted by atomic mass is 16.5. The van der Waals surface area contributed by atoms with Gasteiger partial charge in [0.05, 0.1) is 6.10 Å². The number of hydrogen-bond donors (Lipinski definition) is 2. The van der Waals surface area contributed by atoms with E-state index in [1.165, 1.54) is 0 Å². The highest BCUT2D eigenvalue weighted by Gasteiger charge is 2.11. The van der Waals surface area contributed by atoms with Crippen molar-refractivity contribution in [3.63, 3.8) is 0 Å². The molecular weight excluding hydrogens is 242 g/mol. The summed E-state index contributed by atoms with van der Waals surface area (Å²) < 4.78 is 5.48. The first kappa shape index (κ1) is 15.5. The van der Waals surface area contributed by atoms with Crippen LogP contribution < -0.4 is 10.1 Å². The van der Waals surface area contributed by atoms with Crippen molar-refractivity contribution in [2.45, 2.75) is 33.8 Å². The maximum absolute atomic E-state index is 11.6. The van der Waals surface area contributed by atoms with Gasteiger partial charge in [-0.1, -0.05) is 25.5 Å². The first-order valence-electron chi connectivity index (χ1n) is 6.58. The molecule has 0 aliphatic rings. The summed E-state index contributed by atoms with van der Waals surface area (Å²) in [5, 5.41) is 12.5. The third kappa shape index (κ3) is 5.30. The fraction of sp³-hybridized carbons (Fsp3) is 0.533. The molecule has 1 unspecified atom stereocenters. The van der Waals surface area contributed by atoms with Crippen LogP contribution in [0.4, 0.5) is 0 Å². The lowest BCUT2D eigenvalue weighted by Gasteiger charge is -2.14. The zero-order valence-electron chi connectivity index (χ0n) is 12.1. The van der Waals surface area contributed by atoms with E-state index in [1.54, 1.807) is 13.0 Å². The Bertz CT molecular complexity index is 427. The van der Waals surface area contributed by atoms with Crippen molar-refractivity contribution >= 4 is 5.91 Å². The van der Waals surface area contributed by atoms with Crippen LogP contribution in [0, 0.1) is 12.8 Å². The van der Waals surface area contributed by atoms with E-state index in [0.717, 1.165) is 5.56 Å². The van der Waals surface area contributed by atoms with Gasteiger partial charge in [-0.3, -0.25) is 4.79 Å². The lowest BCUT2D eigenvalue weighted by atomic mass is 10.1. The zero-order valence-corrected chi connectivity index (χ0v) is 12.1. The van der Waals surface area contributed by atoms with Gasteiger partial charge < -0.3 is 15.2 Å². The molecule has 1 amide bonds. The molecule has 106 valence electrons. The van der Waals surface area contributed by atoms with Gasteiger partial charge in [-0.25, -0.2) is 0 Å². The van der Waals surface area contributed by atoms with E-state index in [0.29, 0.717) is 23.8 Å². The zero-order chi connectivity index (χ0) is 14.4. The van der Waals surface area contributed by atoms with Crippen molar-refractivity contribution in [3.8, 4) is 5.75 Å². The second kappa shape index (κ2) is 7.14. The van der Waals surface area contributed by atoms with Gasteiger partial charge >= 0.3 is 0 Å². The van der Waals surface area contributed by atoms with E-state index in [2.05, 4.69) is 5.32 Å². The molecule has 4 nitrogen and oxygen atoms in total. The summed E-state index contributed by atoms with van der Waals surface area (Å²) in [4.78, 5) is 11.6. The molecule has 0 heterocycles. The second-order valence-electron chi connectivity index (χ2n) is 5.20. The quantitative estimate of drug-likeness (QED) is 0.829. The minimum atomic E-state index is -0.617. The van der Waals surface area contributed by atoms with E-state index >= 15 is 0 Å². The number of rotatable bonds is 6. The summed E-state index contributed by atoms with van der Waals surface area (Å²) in [6, 6.07) is 5.55. The molecule has 0 bridgehead atoms. The molecule has 4 heteroatoms. The molecule has 0 aliphatic heterocycles. The topological polar surface area (TPSA) is 58.6 Å². The van der Waals surface area contributed by atoms with Crippen molar-refractivity contribution in [3.05, 3.63) is 29.3 Å². The SMILES string of the molecule is Cc1ccc(OCC(=O)NCC(C)C)c(C(C)O)c1. The normalized spacial score (nSPS) is 12.3. The molecule has 0 spiro atoms. The predicted octanol–water partition coefficient (Wildman–Crippen LogP) is 2.20. The first-order chi connectivity index (χ1) is 8.90. The van der Waals surface area contributed by atoms with Crippen molar-refractivity contribution in [2.24, 2.45) is 5.92 Å². The Balaban J connectivity index is 2.60. The smallest absolute Gasteiger partial charge is 0.257 e. The van der Waals surface area contributed by atoms with Gasteiger partial charge in [0.2, 0.25) is 0 Å². The Kier molecular flexibility index (Phi) is 5.83. The summed E-state index contributed by atoms with van der Waals surface area (Å²) in [6.45, 7) is 8.31. The van der Waals surface area contributed by atoms with Crippen molar-refractivity contribution < 1.29 is 14.6 Å². The number of benzene rings is 1. The highest BCUT2D eigenvalue weighted by molar-refractivity contribution is 5.77.